The molecule has 1 N–H and O–H groups in total. The molecule has 0 aromatic rings. The summed E-state index contributed by atoms with van der Waals surface area (Å²) in [6.07, 6.45) is 0.697. The normalized spacial score (nSPS) is 11.5. The molecule has 5 heteroatoms. The number of hydrogen-bond acceptors (Lipinski definition) is 5. The molecule has 0 spiro atoms. The second kappa shape index (κ2) is 8.50. The van der Waals surface area contributed by atoms with E-state index in [0.717, 1.165) is 0 Å². The highest BCUT2D eigenvalue weighted by Crippen LogP contribution is 2.06. The van der Waals surface area contributed by atoms with E-state index in [4.69, 9.17) is 19.3 Å². The first-order valence-corrected chi connectivity index (χ1v) is 5.44. The highest BCUT2D eigenvalue weighted by atomic mass is 16.6. The first-order chi connectivity index (χ1) is 7.45. The summed E-state index contributed by atoms with van der Waals surface area (Å²) in [6.45, 7) is 6.75. The molecule has 0 aromatic carbocycles. The third kappa shape index (κ3) is 11.4. The molecule has 0 aromatic heterocycles. The molecule has 16 heavy (non-hydrogen) atoms. The van der Waals surface area contributed by atoms with Crippen molar-refractivity contribution < 1.29 is 24.1 Å². The molecule has 0 rings (SSSR count). The van der Waals surface area contributed by atoms with Crippen LogP contribution in [0.4, 0.5) is 0 Å². The molecule has 96 valence electrons. The molecule has 0 unspecified atom stereocenters. The molecular weight excluding hydrogens is 212 g/mol. The van der Waals surface area contributed by atoms with E-state index in [9.17, 15) is 4.79 Å². The highest BCUT2D eigenvalue weighted by Gasteiger charge is 2.15. The summed E-state index contributed by atoms with van der Waals surface area (Å²) >= 11 is 0. The van der Waals surface area contributed by atoms with E-state index < -0.39 is 5.60 Å². The van der Waals surface area contributed by atoms with Crippen molar-refractivity contribution in [2.24, 2.45) is 0 Å². The molecule has 0 aliphatic rings. The van der Waals surface area contributed by atoms with Crippen LogP contribution < -0.4 is 0 Å². The average Bonchev–Trinajstić information content (AvgIpc) is 2.13. The number of esters is 1. The molecule has 0 fully saturated rings. The van der Waals surface area contributed by atoms with Crippen molar-refractivity contribution in [1.29, 1.82) is 0 Å². The molecule has 0 atom stereocenters. The zero-order valence-electron chi connectivity index (χ0n) is 10.3. The molecule has 5 nitrogen and oxygen atoms in total. The van der Waals surface area contributed by atoms with E-state index in [-0.39, 0.29) is 19.2 Å². The molecule has 0 heterocycles. The fraction of sp³-hybridized carbons (Fsp3) is 0.909. The van der Waals surface area contributed by atoms with Gasteiger partial charge in [-0.3, -0.25) is 0 Å². The van der Waals surface area contributed by atoms with Gasteiger partial charge in [0.05, 0.1) is 13.2 Å². The molecule has 0 bridgehead atoms. The van der Waals surface area contributed by atoms with Gasteiger partial charge in [0, 0.05) is 13.2 Å². The van der Waals surface area contributed by atoms with Crippen LogP contribution in [0.2, 0.25) is 0 Å². The zero-order valence-corrected chi connectivity index (χ0v) is 10.3. The fourth-order valence-electron chi connectivity index (χ4n) is 0.956. The van der Waals surface area contributed by atoms with E-state index in [2.05, 4.69) is 0 Å². The number of rotatable bonds is 8. The lowest BCUT2D eigenvalue weighted by atomic mass is 10.2. The maximum Gasteiger partial charge on any atom is 0.332 e. The van der Waals surface area contributed by atoms with Gasteiger partial charge >= 0.3 is 5.97 Å². The number of aliphatic hydroxyl groups excluding tert-OH is 1. The first kappa shape index (κ1) is 15.3. The van der Waals surface area contributed by atoms with E-state index in [1.807, 2.05) is 20.8 Å². The Balaban J connectivity index is 3.28. The van der Waals surface area contributed by atoms with Crippen molar-refractivity contribution in [3.63, 3.8) is 0 Å². The summed E-state index contributed by atoms with van der Waals surface area (Å²) < 4.78 is 15.2. The van der Waals surface area contributed by atoms with Crippen molar-refractivity contribution in [2.75, 3.05) is 33.0 Å². The van der Waals surface area contributed by atoms with Crippen LogP contribution in [0.5, 0.6) is 0 Å². The Morgan fingerprint density at radius 1 is 1.12 bits per heavy atom. The predicted octanol–water partition coefficient (Wildman–Crippen LogP) is 0.744. The number of carbonyl (C=O) groups is 1. The lowest BCUT2D eigenvalue weighted by Gasteiger charge is -2.19. The number of carbonyl (C=O) groups excluding carboxylic acids is 1. The molecule has 0 aliphatic heterocycles. The lowest BCUT2D eigenvalue weighted by molar-refractivity contribution is -0.160. The van der Waals surface area contributed by atoms with Crippen LogP contribution in [0.3, 0.4) is 0 Å². The first-order valence-electron chi connectivity index (χ1n) is 5.44. The molecule has 0 amide bonds. The van der Waals surface area contributed by atoms with Crippen LogP contribution in [0, 0.1) is 0 Å². The summed E-state index contributed by atoms with van der Waals surface area (Å²) in [5.41, 5.74) is -0.468. The Bertz CT molecular complexity index is 185. The summed E-state index contributed by atoms with van der Waals surface area (Å²) in [4.78, 5) is 11.2. The topological polar surface area (TPSA) is 65.0 Å². The van der Waals surface area contributed by atoms with E-state index in [0.29, 0.717) is 26.2 Å². The van der Waals surface area contributed by atoms with E-state index in [1.165, 1.54) is 0 Å². The largest absolute Gasteiger partial charge is 0.458 e. The van der Waals surface area contributed by atoms with Crippen LogP contribution in [-0.2, 0) is 19.0 Å². The van der Waals surface area contributed by atoms with Gasteiger partial charge in [0.25, 0.3) is 0 Å². The number of ether oxygens (including phenoxy) is 3. The van der Waals surface area contributed by atoms with Gasteiger partial charge in [-0.2, -0.15) is 0 Å². The minimum Gasteiger partial charge on any atom is -0.458 e. The van der Waals surface area contributed by atoms with Gasteiger partial charge in [-0.1, -0.05) is 0 Å². The summed E-state index contributed by atoms with van der Waals surface area (Å²) in [5, 5.41) is 8.43. The third-order valence-electron chi connectivity index (χ3n) is 1.45. The van der Waals surface area contributed by atoms with Crippen molar-refractivity contribution in [3.05, 3.63) is 0 Å². The third-order valence-corrected chi connectivity index (χ3v) is 1.45. The van der Waals surface area contributed by atoms with Gasteiger partial charge in [0.2, 0.25) is 0 Å². The van der Waals surface area contributed by atoms with E-state index in [1.54, 1.807) is 0 Å². The molecular formula is C11H22O5. The smallest absolute Gasteiger partial charge is 0.332 e. The Hall–Kier alpha value is -0.650. The van der Waals surface area contributed by atoms with Gasteiger partial charge in [-0.15, -0.1) is 0 Å². The Kier molecular flexibility index (Phi) is 8.15. The lowest BCUT2D eigenvalue weighted by Crippen LogP contribution is -2.26. The molecule has 0 saturated heterocycles. The van der Waals surface area contributed by atoms with Gasteiger partial charge in [-0.05, 0) is 27.2 Å². The van der Waals surface area contributed by atoms with E-state index >= 15 is 0 Å². The Morgan fingerprint density at radius 3 is 2.31 bits per heavy atom. The predicted molar refractivity (Wildman–Crippen MR) is 59.2 cm³/mol. The van der Waals surface area contributed by atoms with Gasteiger partial charge < -0.3 is 19.3 Å². The van der Waals surface area contributed by atoms with Crippen LogP contribution in [0.25, 0.3) is 0 Å². The molecule has 0 radical (unpaired) electrons. The van der Waals surface area contributed by atoms with Crippen LogP contribution >= 0.6 is 0 Å². The summed E-state index contributed by atoms with van der Waals surface area (Å²) in [6, 6.07) is 0. The van der Waals surface area contributed by atoms with Crippen LogP contribution in [-0.4, -0.2) is 49.7 Å². The maximum atomic E-state index is 11.2. The minimum atomic E-state index is -0.468. The second-order valence-corrected chi connectivity index (χ2v) is 4.33. The van der Waals surface area contributed by atoms with Gasteiger partial charge in [0.15, 0.2) is 0 Å². The average molecular weight is 234 g/mol. The zero-order chi connectivity index (χ0) is 12.4. The number of hydrogen-bond donors (Lipinski definition) is 1. The van der Waals surface area contributed by atoms with Crippen LogP contribution in [0.15, 0.2) is 0 Å². The standard InChI is InChI=1S/C11H22O5/c1-11(2,3)16-10(13)9-15-7-4-6-14-8-5-12/h12H,4-9H2,1-3H3. The SMILES string of the molecule is CC(C)(C)OC(=O)COCCCOCCO. The van der Waals surface area contributed by atoms with Crippen molar-refractivity contribution in [3.8, 4) is 0 Å². The van der Waals surface area contributed by atoms with Gasteiger partial charge in [0.1, 0.15) is 12.2 Å². The minimum absolute atomic E-state index is 0.0266. The summed E-state index contributed by atoms with van der Waals surface area (Å²) in [7, 11) is 0. The molecule has 0 aliphatic carbocycles. The number of aliphatic hydroxyl groups is 1. The van der Waals surface area contributed by atoms with Crippen molar-refractivity contribution in [2.45, 2.75) is 32.8 Å². The maximum absolute atomic E-state index is 11.2. The van der Waals surface area contributed by atoms with Gasteiger partial charge in [-0.25, -0.2) is 4.79 Å². The quantitative estimate of drug-likeness (QED) is 0.496. The fourth-order valence-corrected chi connectivity index (χ4v) is 0.956. The Morgan fingerprint density at radius 2 is 1.75 bits per heavy atom. The van der Waals surface area contributed by atoms with Crippen molar-refractivity contribution in [1.82, 2.24) is 0 Å². The second-order valence-electron chi connectivity index (χ2n) is 4.33. The highest BCUT2D eigenvalue weighted by molar-refractivity contribution is 5.71. The Labute approximate surface area is 96.7 Å². The van der Waals surface area contributed by atoms with Crippen molar-refractivity contribution >= 4 is 5.97 Å². The van der Waals surface area contributed by atoms with Crippen LogP contribution in [0.1, 0.15) is 27.2 Å². The summed E-state index contributed by atoms with van der Waals surface area (Å²) in [5.74, 6) is -0.358. The molecule has 0 saturated carbocycles. The monoisotopic (exact) mass is 234 g/mol.